The van der Waals surface area contributed by atoms with Crippen molar-refractivity contribution in [1.29, 1.82) is 0 Å². The molecule has 0 saturated carbocycles. The van der Waals surface area contributed by atoms with Crippen LogP contribution in [0.4, 0.5) is 8.78 Å². The highest BCUT2D eigenvalue weighted by Crippen LogP contribution is 2.27. The predicted molar refractivity (Wildman–Crippen MR) is 79.9 cm³/mol. The molecule has 1 heterocycles. The SMILES string of the molecule is COc1cc(-n2c(=S)[nH]c3cc(F)c(Cl)cc32)ccc1F. The van der Waals surface area contributed by atoms with Crippen LogP contribution < -0.4 is 4.74 Å². The largest absolute Gasteiger partial charge is 0.494 e. The van der Waals surface area contributed by atoms with Gasteiger partial charge in [-0.05, 0) is 30.4 Å². The van der Waals surface area contributed by atoms with E-state index >= 15 is 0 Å². The minimum absolute atomic E-state index is 0.0145. The summed E-state index contributed by atoms with van der Waals surface area (Å²) in [6.45, 7) is 0. The first-order valence-electron chi connectivity index (χ1n) is 5.95. The van der Waals surface area contributed by atoms with Gasteiger partial charge in [0.2, 0.25) is 0 Å². The summed E-state index contributed by atoms with van der Waals surface area (Å²) >= 11 is 11.1. The van der Waals surface area contributed by atoms with Crippen molar-refractivity contribution < 1.29 is 13.5 Å². The van der Waals surface area contributed by atoms with E-state index < -0.39 is 11.6 Å². The summed E-state index contributed by atoms with van der Waals surface area (Å²) in [4.78, 5) is 2.89. The molecule has 0 aliphatic carbocycles. The Labute approximate surface area is 128 Å². The number of benzene rings is 2. The third-order valence-electron chi connectivity index (χ3n) is 3.12. The number of nitrogens with zero attached hydrogens (tertiary/aromatic N) is 1. The van der Waals surface area contributed by atoms with E-state index in [1.165, 1.54) is 31.4 Å². The van der Waals surface area contributed by atoms with Crippen LogP contribution in [0, 0.1) is 16.4 Å². The van der Waals surface area contributed by atoms with Crippen molar-refractivity contribution in [3.8, 4) is 11.4 Å². The molecule has 0 aliphatic rings. The molecule has 0 unspecified atom stereocenters. The number of hydrogen-bond donors (Lipinski definition) is 1. The van der Waals surface area contributed by atoms with Crippen LogP contribution in [0.2, 0.25) is 5.02 Å². The average Bonchev–Trinajstić information content (AvgIpc) is 2.75. The second-order valence-electron chi connectivity index (χ2n) is 4.37. The van der Waals surface area contributed by atoms with Gasteiger partial charge in [0.05, 0.1) is 28.9 Å². The molecule has 7 heteroatoms. The molecule has 108 valence electrons. The highest BCUT2D eigenvalue weighted by molar-refractivity contribution is 7.71. The van der Waals surface area contributed by atoms with Crippen LogP contribution >= 0.6 is 23.8 Å². The van der Waals surface area contributed by atoms with Gasteiger partial charge in [0.1, 0.15) is 5.82 Å². The van der Waals surface area contributed by atoms with Crippen molar-refractivity contribution in [3.05, 3.63) is 51.8 Å². The van der Waals surface area contributed by atoms with Crippen LogP contribution in [0.15, 0.2) is 30.3 Å². The van der Waals surface area contributed by atoms with Crippen molar-refractivity contribution in [2.75, 3.05) is 7.11 Å². The Morgan fingerprint density at radius 1 is 1.19 bits per heavy atom. The van der Waals surface area contributed by atoms with E-state index in [2.05, 4.69) is 4.98 Å². The predicted octanol–water partition coefficient (Wildman–Crippen LogP) is 4.63. The van der Waals surface area contributed by atoms with Gasteiger partial charge >= 0.3 is 0 Å². The number of hydrogen-bond acceptors (Lipinski definition) is 2. The number of halogens is 3. The van der Waals surface area contributed by atoms with E-state index in [0.29, 0.717) is 21.5 Å². The maximum absolute atomic E-state index is 13.5. The molecular formula is C14H9ClF2N2OS. The molecule has 3 aromatic rings. The fourth-order valence-electron chi connectivity index (χ4n) is 2.15. The van der Waals surface area contributed by atoms with Crippen LogP contribution in [0.1, 0.15) is 0 Å². The Balaban J connectivity index is 2.32. The summed E-state index contributed by atoms with van der Waals surface area (Å²) in [6, 6.07) is 7.08. The Hall–Kier alpha value is -1.92. The van der Waals surface area contributed by atoms with Crippen molar-refractivity contribution >= 4 is 34.9 Å². The van der Waals surface area contributed by atoms with E-state index in [1.54, 1.807) is 10.6 Å². The standard InChI is InChI=1S/C14H9ClF2N2OS/c1-20-13-4-7(2-3-9(13)16)19-12-5-8(15)10(17)6-11(12)18-14(19)21/h2-6H,1H3,(H,18,21). The van der Waals surface area contributed by atoms with Gasteiger partial charge in [-0.15, -0.1) is 0 Å². The monoisotopic (exact) mass is 326 g/mol. The number of rotatable bonds is 2. The van der Waals surface area contributed by atoms with E-state index in [-0.39, 0.29) is 10.8 Å². The van der Waals surface area contributed by atoms with Gasteiger partial charge < -0.3 is 9.72 Å². The summed E-state index contributed by atoms with van der Waals surface area (Å²) in [6.07, 6.45) is 0. The Morgan fingerprint density at radius 3 is 2.67 bits per heavy atom. The number of aromatic nitrogens is 2. The van der Waals surface area contributed by atoms with Gasteiger partial charge in [-0.25, -0.2) is 8.78 Å². The summed E-state index contributed by atoms with van der Waals surface area (Å²) < 4.78 is 33.9. The second-order valence-corrected chi connectivity index (χ2v) is 5.16. The van der Waals surface area contributed by atoms with Gasteiger partial charge in [0.25, 0.3) is 0 Å². The van der Waals surface area contributed by atoms with Crippen LogP contribution in [0.3, 0.4) is 0 Å². The van der Waals surface area contributed by atoms with Gasteiger partial charge in [0.15, 0.2) is 16.3 Å². The molecular weight excluding hydrogens is 318 g/mol. The van der Waals surface area contributed by atoms with Crippen LogP contribution in [0.5, 0.6) is 5.75 Å². The maximum Gasteiger partial charge on any atom is 0.182 e. The first-order chi connectivity index (χ1) is 10.0. The lowest BCUT2D eigenvalue weighted by atomic mass is 10.2. The normalized spacial score (nSPS) is 11.0. The zero-order chi connectivity index (χ0) is 15.1. The molecule has 0 spiro atoms. The molecule has 0 radical (unpaired) electrons. The molecule has 1 N–H and O–H groups in total. The molecule has 2 aromatic carbocycles. The number of nitrogens with one attached hydrogen (secondary N) is 1. The van der Waals surface area contributed by atoms with E-state index in [1.807, 2.05) is 0 Å². The molecule has 3 nitrogen and oxygen atoms in total. The second kappa shape index (κ2) is 5.13. The fraction of sp³-hybridized carbons (Fsp3) is 0.0714. The molecule has 0 amide bonds. The third kappa shape index (κ3) is 2.30. The molecule has 21 heavy (non-hydrogen) atoms. The van der Waals surface area contributed by atoms with Gasteiger partial charge in [-0.3, -0.25) is 4.57 Å². The zero-order valence-electron chi connectivity index (χ0n) is 10.8. The lowest BCUT2D eigenvalue weighted by Crippen LogP contribution is -1.97. The zero-order valence-corrected chi connectivity index (χ0v) is 12.4. The number of ether oxygens (including phenoxy) is 1. The number of aromatic amines is 1. The summed E-state index contributed by atoms with van der Waals surface area (Å²) in [5, 5.41) is -0.0145. The molecule has 1 aromatic heterocycles. The Bertz CT molecular complexity index is 904. The van der Waals surface area contributed by atoms with E-state index in [0.717, 1.165) is 0 Å². The lowest BCUT2D eigenvalue weighted by molar-refractivity contribution is 0.386. The first kappa shape index (κ1) is 14.0. The van der Waals surface area contributed by atoms with Crippen molar-refractivity contribution in [1.82, 2.24) is 9.55 Å². The first-order valence-corrected chi connectivity index (χ1v) is 6.73. The average molecular weight is 327 g/mol. The van der Waals surface area contributed by atoms with Gasteiger partial charge in [0, 0.05) is 12.1 Å². The molecule has 3 rings (SSSR count). The lowest BCUT2D eigenvalue weighted by Gasteiger charge is -2.08. The van der Waals surface area contributed by atoms with Crippen LogP contribution in [-0.4, -0.2) is 16.7 Å². The van der Waals surface area contributed by atoms with Gasteiger partial charge in [-0.2, -0.15) is 0 Å². The summed E-state index contributed by atoms with van der Waals surface area (Å²) in [7, 11) is 1.38. The molecule has 0 fully saturated rings. The third-order valence-corrected chi connectivity index (χ3v) is 3.69. The minimum Gasteiger partial charge on any atom is -0.494 e. The molecule has 0 aliphatic heterocycles. The van der Waals surface area contributed by atoms with E-state index in [9.17, 15) is 8.78 Å². The van der Waals surface area contributed by atoms with Crippen LogP contribution in [-0.2, 0) is 0 Å². The van der Waals surface area contributed by atoms with Crippen molar-refractivity contribution in [2.45, 2.75) is 0 Å². The van der Waals surface area contributed by atoms with Gasteiger partial charge in [-0.1, -0.05) is 11.6 Å². The summed E-state index contributed by atoms with van der Waals surface area (Å²) in [5.41, 5.74) is 1.69. The Kier molecular flexibility index (Phi) is 3.43. The smallest absolute Gasteiger partial charge is 0.182 e. The Morgan fingerprint density at radius 2 is 1.95 bits per heavy atom. The van der Waals surface area contributed by atoms with E-state index in [4.69, 9.17) is 28.6 Å². The van der Waals surface area contributed by atoms with Crippen LogP contribution in [0.25, 0.3) is 16.7 Å². The highest BCUT2D eigenvalue weighted by Gasteiger charge is 2.12. The number of methoxy groups -OCH3 is 1. The highest BCUT2D eigenvalue weighted by atomic mass is 35.5. The van der Waals surface area contributed by atoms with Crippen molar-refractivity contribution in [3.63, 3.8) is 0 Å². The molecule has 0 bridgehead atoms. The topological polar surface area (TPSA) is 29.9 Å². The number of fused-ring (bicyclic) bond motifs is 1. The number of imidazole rings is 1. The number of H-pyrrole nitrogens is 1. The quantitative estimate of drug-likeness (QED) is 0.696. The maximum atomic E-state index is 13.5. The summed E-state index contributed by atoms with van der Waals surface area (Å²) in [5.74, 6) is -0.919. The fourth-order valence-corrected chi connectivity index (χ4v) is 2.62. The minimum atomic E-state index is -0.538. The molecule has 0 atom stereocenters. The van der Waals surface area contributed by atoms with Crippen molar-refractivity contribution in [2.24, 2.45) is 0 Å². The molecule has 0 saturated heterocycles.